The fraction of sp³-hybridized carbons (Fsp3) is 0.167. The van der Waals surface area contributed by atoms with E-state index >= 15 is 0 Å². The van der Waals surface area contributed by atoms with Crippen LogP contribution in [0.2, 0.25) is 0 Å². The average molecular weight is 495 g/mol. The van der Waals surface area contributed by atoms with Gasteiger partial charge < -0.3 is 10.0 Å². The molecule has 1 aliphatic heterocycles. The molecule has 3 aromatic rings. The summed E-state index contributed by atoms with van der Waals surface area (Å²) in [6, 6.07) is 20.3. The van der Waals surface area contributed by atoms with Crippen LogP contribution < -0.4 is 4.90 Å². The van der Waals surface area contributed by atoms with Gasteiger partial charge >= 0.3 is 0 Å². The number of anilines is 1. The van der Waals surface area contributed by atoms with E-state index in [-0.39, 0.29) is 11.3 Å². The van der Waals surface area contributed by atoms with Crippen LogP contribution in [-0.4, -0.2) is 28.3 Å². The number of nitro groups is 1. The second-order valence-electron chi connectivity index (χ2n) is 7.59. The summed E-state index contributed by atoms with van der Waals surface area (Å²) in [5.41, 5.74) is -0.759. The van der Waals surface area contributed by atoms with Crippen LogP contribution in [0.4, 0.5) is 11.4 Å². The third-order valence-electron chi connectivity index (χ3n) is 5.58. The molecule has 32 heavy (non-hydrogen) atoms. The lowest BCUT2D eigenvalue weighted by atomic mass is 9.88. The molecule has 1 atom stereocenters. The van der Waals surface area contributed by atoms with Crippen molar-refractivity contribution < 1.29 is 19.6 Å². The molecule has 1 N–H and O–H groups in total. The smallest absolute Gasteiger partial charge is 0.280 e. The number of nitrogens with zero attached hydrogens (tertiary/aromatic N) is 2. The summed E-state index contributed by atoms with van der Waals surface area (Å²) in [6.07, 6.45) is -0.0295. The Morgan fingerprint density at radius 2 is 1.75 bits per heavy atom. The molecular formula is C24H19BrN2O5. The number of rotatable bonds is 7. The molecule has 0 aromatic heterocycles. The van der Waals surface area contributed by atoms with Crippen LogP contribution in [-0.2, 0) is 16.8 Å². The Kier molecular flexibility index (Phi) is 5.90. The predicted octanol–water partition coefficient (Wildman–Crippen LogP) is 4.41. The molecule has 7 nitrogen and oxygen atoms in total. The standard InChI is InChI=1S/C24H19BrN2O5/c25-17-10-11-21-19(14-17)24(30,15-22(28)18-8-4-5-9-20(18)27(31)32)23(29)26(21)13-12-16-6-2-1-3-7-16/h1-11,14,30H,12-13,15H2. The summed E-state index contributed by atoms with van der Waals surface area (Å²) in [4.78, 5) is 38.5. The number of carbonyl (C=O) groups is 2. The normalized spacial score (nSPS) is 17.3. The van der Waals surface area contributed by atoms with Crippen LogP contribution in [0.3, 0.4) is 0 Å². The minimum Gasteiger partial charge on any atom is -0.375 e. The van der Waals surface area contributed by atoms with Crippen molar-refractivity contribution in [3.63, 3.8) is 0 Å². The molecule has 0 fully saturated rings. The first kappa shape index (κ1) is 21.9. The summed E-state index contributed by atoms with van der Waals surface area (Å²) < 4.78 is 0.644. The minimum absolute atomic E-state index is 0.141. The summed E-state index contributed by atoms with van der Waals surface area (Å²) in [5.74, 6) is -1.29. The van der Waals surface area contributed by atoms with Crippen LogP contribution in [0, 0.1) is 10.1 Å². The van der Waals surface area contributed by atoms with Crippen LogP contribution >= 0.6 is 15.9 Å². The number of Topliss-reactive ketones (excluding diaryl/α,β-unsaturated/α-hetero) is 1. The van der Waals surface area contributed by atoms with Crippen molar-refractivity contribution in [3.05, 3.63) is 104 Å². The van der Waals surface area contributed by atoms with Gasteiger partial charge in [-0.3, -0.25) is 19.7 Å². The lowest BCUT2D eigenvalue weighted by molar-refractivity contribution is -0.385. The maximum absolute atomic E-state index is 13.4. The van der Waals surface area contributed by atoms with E-state index in [4.69, 9.17) is 0 Å². The number of para-hydroxylation sites is 1. The molecule has 1 unspecified atom stereocenters. The van der Waals surface area contributed by atoms with Crippen molar-refractivity contribution >= 4 is 39.0 Å². The zero-order valence-corrected chi connectivity index (χ0v) is 18.5. The molecule has 3 aromatic carbocycles. The van der Waals surface area contributed by atoms with E-state index in [0.29, 0.717) is 28.7 Å². The first-order valence-corrected chi connectivity index (χ1v) is 10.8. The number of hydrogen-bond donors (Lipinski definition) is 1. The number of ketones is 1. The monoisotopic (exact) mass is 494 g/mol. The SMILES string of the molecule is O=C(CC1(O)C(=O)N(CCc2ccccc2)c2ccc(Br)cc21)c1ccccc1[N+](=O)[O-]. The number of amides is 1. The van der Waals surface area contributed by atoms with E-state index in [1.165, 1.54) is 29.2 Å². The number of hydrogen-bond acceptors (Lipinski definition) is 5. The van der Waals surface area contributed by atoms with Crippen LogP contribution in [0.25, 0.3) is 0 Å². The van der Waals surface area contributed by atoms with Gasteiger partial charge in [0, 0.05) is 22.6 Å². The Morgan fingerprint density at radius 1 is 1.06 bits per heavy atom. The number of fused-ring (bicyclic) bond motifs is 1. The van der Waals surface area contributed by atoms with Gasteiger partial charge in [-0.1, -0.05) is 58.4 Å². The zero-order chi connectivity index (χ0) is 22.9. The molecule has 0 bridgehead atoms. The topological polar surface area (TPSA) is 101 Å². The Balaban J connectivity index is 1.67. The molecule has 8 heteroatoms. The van der Waals surface area contributed by atoms with E-state index in [1.54, 1.807) is 18.2 Å². The van der Waals surface area contributed by atoms with Gasteiger partial charge in [0.2, 0.25) is 0 Å². The Labute approximate surface area is 192 Å². The second kappa shape index (κ2) is 8.64. The molecule has 0 saturated carbocycles. The minimum atomic E-state index is -2.11. The largest absolute Gasteiger partial charge is 0.375 e. The average Bonchev–Trinajstić information content (AvgIpc) is 2.99. The third kappa shape index (κ3) is 3.94. The highest BCUT2D eigenvalue weighted by Gasteiger charge is 2.51. The summed E-state index contributed by atoms with van der Waals surface area (Å²) >= 11 is 3.36. The lowest BCUT2D eigenvalue weighted by Gasteiger charge is -2.23. The fourth-order valence-electron chi connectivity index (χ4n) is 4.00. The Hall–Kier alpha value is -3.36. The van der Waals surface area contributed by atoms with Gasteiger partial charge in [-0.25, -0.2) is 0 Å². The number of nitro benzene ring substituents is 1. The zero-order valence-electron chi connectivity index (χ0n) is 16.9. The Morgan fingerprint density at radius 3 is 2.47 bits per heavy atom. The van der Waals surface area contributed by atoms with Crippen LogP contribution in [0.5, 0.6) is 0 Å². The van der Waals surface area contributed by atoms with Gasteiger partial charge in [0.25, 0.3) is 11.6 Å². The molecular weight excluding hydrogens is 476 g/mol. The van der Waals surface area contributed by atoms with E-state index in [1.807, 2.05) is 30.3 Å². The van der Waals surface area contributed by atoms with E-state index in [0.717, 1.165) is 5.56 Å². The van der Waals surface area contributed by atoms with Gasteiger partial charge in [0.15, 0.2) is 11.4 Å². The van der Waals surface area contributed by atoms with Crippen molar-refractivity contribution in [2.75, 3.05) is 11.4 Å². The summed E-state index contributed by atoms with van der Waals surface area (Å²) in [6.45, 7) is 0.319. The van der Waals surface area contributed by atoms with E-state index in [2.05, 4.69) is 15.9 Å². The quantitative estimate of drug-likeness (QED) is 0.297. The summed E-state index contributed by atoms with van der Waals surface area (Å²) in [5, 5.41) is 22.8. The van der Waals surface area contributed by atoms with Gasteiger partial charge in [0.05, 0.1) is 22.6 Å². The van der Waals surface area contributed by atoms with Crippen LogP contribution in [0.15, 0.2) is 77.3 Å². The highest BCUT2D eigenvalue weighted by Crippen LogP contribution is 2.44. The van der Waals surface area contributed by atoms with E-state index in [9.17, 15) is 24.8 Å². The number of benzene rings is 3. The molecule has 1 amide bonds. The molecule has 162 valence electrons. The first-order chi connectivity index (χ1) is 15.3. The molecule has 0 spiro atoms. The third-order valence-corrected chi connectivity index (χ3v) is 6.07. The molecule has 1 heterocycles. The van der Waals surface area contributed by atoms with E-state index < -0.39 is 28.6 Å². The van der Waals surface area contributed by atoms with Gasteiger partial charge in [-0.15, -0.1) is 0 Å². The fourth-order valence-corrected chi connectivity index (χ4v) is 4.36. The summed E-state index contributed by atoms with van der Waals surface area (Å²) in [7, 11) is 0. The molecule has 0 saturated heterocycles. The molecule has 1 aliphatic rings. The van der Waals surface area contributed by atoms with Crippen molar-refractivity contribution in [2.45, 2.75) is 18.4 Å². The van der Waals surface area contributed by atoms with Crippen molar-refractivity contribution in [1.29, 1.82) is 0 Å². The van der Waals surface area contributed by atoms with Crippen molar-refractivity contribution in [2.24, 2.45) is 0 Å². The molecule has 0 radical (unpaired) electrons. The lowest BCUT2D eigenvalue weighted by Crippen LogP contribution is -2.42. The molecule has 0 aliphatic carbocycles. The van der Waals surface area contributed by atoms with Gasteiger partial charge in [-0.05, 0) is 36.2 Å². The predicted molar refractivity (Wildman–Crippen MR) is 123 cm³/mol. The van der Waals surface area contributed by atoms with Gasteiger partial charge in [-0.2, -0.15) is 0 Å². The van der Waals surface area contributed by atoms with Gasteiger partial charge in [0.1, 0.15) is 0 Å². The van der Waals surface area contributed by atoms with Crippen molar-refractivity contribution in [1.82, 2.24) is 0 Å². The molecule has 4 rings (SSSR count). The number of carbonyl (C=O) groups excluding carboxylic acids is 2. The maximum Gasteiger partial charge on any atom is 0.280 e. The number of halogens is 1. The highest BCUT2D eigenvalue weighted by molar-refractivity contribution is 9.10. The number of aliphatic hydroxyl groups is 1. The van der Waals surface area contributed by atoms with Crippen molar-refractivity contribution in [3.8, 4) is 0 Å². The highest BCUT2D eigenvalue weighted by atomic mass is 79.9. The van der Waals surface area contributed by atoms with Crippen LogP contribution in [0.1, 0.15) is 27.9 Å². The second-order valence-corrected chi connectivity index (χ2v) is 8.50. The Bertz CT molecular complexity index is 1210. The maximum atomic E-state index is 13.4. The first-order valence-electron chi connectivity index (χ1n) is 9.96.